The predicted octanol–water partition coefficient (Wildman–Crippen LogP) is 3.01. The summed E-state index contributed by atoms with van der Waals surface area (Å²) in [4.78, 5) is 8.40. The van der Waals surface area contributed by atoms with Gasteiger partial charge in [-0.2, -0.15) is 0 Å². The van der Waals surface area contributed by atoms with Gasteiger partial charge in [-0.05, 0) is 25.7 Å². The summed E-state index contributed by atoms with van der Waals surface area (Å²) in [6, 6.07) is 0.647. The lowest BCUT2D eigenvalue weighted by molar-refractivity contribution is 0.431. The number of aromatic nitrogens is 2. The Morgan fingerprint density at radius 3 is 3.16 bits per heavy atom. The minimum atomic E-state index is 0.558. The van der Waals surface area contributed by atoms with Crippen LogP contribution in [0.25, 0.3) is 4.96 Å². The average Bonchev–Trinajstić information content (AvgIpc) is 2.99. The first-order chi connectivity index (χ1) is 9.35. The molecule has 1 aliphatic heterocycles. The highest BCUT2D eigenvalue weighted by molar-refractivity contribution is 7.15. The molecule has 1 fully saturated rings. The number of thiazole rings is 1. The van der Waals surface area contributed by atoms with Crippen LogP contribution in [0.4, 0.5) is 5.82 Å². The van der Waals surface area contributed by atoms with Crippen LogP contribution in [-0.4, -0.2) is 22.0 Å². The van der Waals surface area contributed by atoms with Crippen molar-refractivity contribution < 1.29 is 0 Å². The van der Waals surface area contributed by atoms with Gasteiger partial charge >= 0.3 is 0 Å². The molecule has 0 radical (unpaired) electrons. The molecule has 0 amide bonds. The maximum absolute atomic E-state index is 5.96. The van der Waals surface area contributed by atoms with Crippen molar-refractivity contribution >= 4 is 22.1 Å². The number of rotatable bonds is 4. The van der Waals surface area contributed by atoms with E-state index in [0.29, 0.717) is 12.6 Å². The highest BCUT2D eigenvalue weighted by Crippen LogP contribution is 2.31. The number of nitrogens with zero attached hydrogens (tertiary/aromatic N) is 3. The zero-order valence-electron chi connectivity index (χ0n) is 11.5. The molecule has 1 saturated heterocycles. The zero-order valence-corrected chi connectivity index (χ0v) is 12.3. The van der Waals surface area contributed by atoms with Gasteiger partial charge in [0.2, 0.25) is 0 Å². The number of fused-ring (bicyclic) bond motifs is 1. The van der Waals surface area contributed by atoms with E-state index in [1.165, 1.54) is 37.8 Å². The Bertz CT molecular complexity index is 543. The van der Waals surface area contributed by atoms with Crippen molar-refractivity contribution in [1.82, 2.24) is 9.38 Å². The maximum Gasteiger partial charge on any atom is 0.195 e. The molecule has 0 bridgehead atoms. The van der Waals surface area contributed by atoms with E-state index < -0.39 is 0 Å². The fourth-order valence-electron chi connectivity index (χ4n) is 3.15. The molecule has 3 rings (SSSR count). The molecule has 2 aromatic heterocycles. The molecule has 3 heterocycles. The van der Waals surface area contributed by atoms with Crippen molar-refractivity contribution in [2.75, 3.05) is 11.4 Å². The Morgan fingerprint density at radius 2 is 2.37 bits per heavy atom. The minimum absolute atomic E-state index is 0.558. The monoisotopic (exact) mass is 278 g/mol. The molecule has 1 unspecified atom stereocenters. The largest absolute Gasteiger partial charge is 0.352 e. The third-order valence-corrected chi connectivity index (χ3v) is 4.81. The molecule has 5 heteroatoms. The Balaban J connectivity index is 1.98. The number of imidazole rings is 1. The van der Waals surface area contributed by atoms with E-state index in [0.717, 1.165) is 17.3 Å². The van der Waals surface area contributed by atoms with Gasteiger partial charge in [-0.15, -0.1) is 11.3 Å². The molecule has 0 spiro atoms. The second-order valence-corrected chi connectivity index (χ2v) is 6.15. The van der Waals surface area contributed by atoms with Gasteiger partial charge in [-0.1, -0.05) is 13.3 Å². The van der Waals surface area contributed by atoms with Gasteiger partial charge in [-0.25, -0.2) is 4.98 Å². The van der Waals surface area contributed by atoms with E-state index >= 15 is 0 Å². The van der Waals surface area contributed by atoms with Gasteiger partial charge in [0.25, 0.3) is 0 Å². The summed E-state index contributed by atoms with van der Waals surface area (Å²) >= 11 is 1.69. The van der Waals surface area contributed by atoms with Crippen LogP contribution < -0.4 is 10.6 Å². The third kappa shape index (κ3) is 2.25. The average molecular weight is 278 g/mol. The van der Waals surface area contributed by atoms with E-state index in [2.05, 4.69) is 27.8 Å². The fraction of sp³-hybridized carbons (Fsp3) is 0.643. The molecule has 0 saturated carbocycles. The second kappa shape index (κ2) is 5.51. The van der Waals surface area contributed by atoms with Gasteiger partial charge in [-0.3, -0.25) is 4.40 Å². The van der Waals surface area contributed by atoms with Gasteiger partial charge in [0.05, 0.1) is 5.69 Å². The van der Waals surface area contributed by atoms with Crippen molar-refractivity contribution in [3.8, 4) is 0 Å². The summed E-state index contributed by atoms with van der Waals surface area (Å²) < 4.78 is 2.15. The lowest BCUT2D eigenvalue weighted by Gasteiger charge is -2.36. The van der Waals surface area contributed by atoms with Crippen LogP contribution in [0.5, 0.6) is 0 Å². The standard InChI is InChI=1S/C14H22N4S/c1-2-5-11-6-3-4-7-17(11)13-12(10-15)18-8-9-19-14(18)16-13/h8-9,11H,2-7,10,15H2,1H3. The zero-order chi connectivity index (χ0) is 13.2. The van der Waals surface area contributed by atoms with E-state index in [9.17, 15) is 0 Å². The maximum atomic E-state index is 5.96. The summed E-state index contributed by atoms with van der Waals surface area (Å²) in [5.41, 5.74) is 7.13. The first kappa shape index (κ1) is 12.9. The van der Waals surface area contributed by atoms with Crippen LogP contribution in [0, 0.1) is 0 Å². The number of hydrogen-bond acceptors (Lipinski definition) is 4. The van der Waals surface area contributed by atoms with Gasteiger partial charge in [0.1, 0.15) is 0 Å². The number of piperidine rings is 1. The van der Waals surface area contributed by atoms with Crippen LogP contribution in [-0.2, 0) is 6.54 Å². The number of anilines is 1. The Morgan fingerprint density at radius 1 is 1.47 bits per heavy atom. The second-order valence-electron chi connectivity index (χ2n) is 5.27. The Kier molecular flexibility index (Phi) is 3.75. The van der Waals surface area contributed by atoms with E-state index in [1.807, 2.05) is 0 Å². The van der Waals surface area contributed by atoms with Crippen molar-refractivity contribution in [2.45, 2.75) is 51.6 Å². The molecule has 0 aliphatic carbocycles. The molecular weight excluding hydrogens is 256 g/mol. The van der Waals surface area contributed by atoms with Crippen LogP contribution in [0.2, 0.25) is 0 Å². The van der Waals surface area contributed by atoms with Crippen molar-refractivity contribution in [1.29, 1.82) is 0 Å². The highest BCUT2D eigenvalue weighted by atomic mass is 32.1. The summed E-state index contributed by atoms with van der Waals surface area (Å²) in [6.07, 6.45) is 8.49. The van der Waals surface area contributed by atoms with Gasteiger partial charge in [0, 0.05) is 30.7 Å². The molecular formula is C14H22N4S. The first-order valence-corrected chi connectivity index (χ1v) is 8.14. The fourth-order valence-corrected chi connectivity index (χ4v) is 3.88. The molecule has 2 N–H and O–H groups in total. The van der Waals surface area contributed by atoms with Crippen molar-refractivity contribution in [2.24, 2.45) is 5.73 Å². The minimum Gasteiger partial charge on any atom is -0.352 e. The summed E-state index contributed by atoms with van der Waals surface area (Å²) in [7, 11) is 0. The quantitative estimate of drug-likeness (QED) is 0.935. The highest BCUT2D eigenvalue weighted by Gasteiger charge is 2.26. The lowest BCUT2D eigenvalue weighted by atomic mass is 9.98. The van der Waals surface area contributed by atoms with Crippen LogP contribution in [0.1, 0.15) is 44.7 Å². The molecule has 19 heavy (non-hydrogen) atoms. The van der Waals surface area contributed by atoms with Crippen LogP contribution in [0.15, 0.2) is 11.6 Å². The summed E-state index contributed by atoms with van der Waals surface area (Å²) in [5, 5.41) is 2.07. The molecule has 104 valence electrons. The normalized spacial score (nSPS) is 20.3. The smallest absolute Gasteiger partial charge is 0.195 e. The van der Waals surface area contributed by atoms with E-state index in [-0.39, 0.29) is 0 Å². The lowest BCUT2D eigenvalue weighted by Crippen LogP contribution is -2.40. The molecule has 4 nitrogen and oxygen atoms in total. The summed E-state index contributed by atoms with van der Waals surface area (Å²) in [5.74, 6) is 1.13. The first-order valence-electron chi connectivity index (χ1n) is 7.26. The number of nitrogens with two attached hydrogens (primary N) is 1. The van der Waals surface area contributed by atoms with Crippen molar-refractivity contribution in [3.63, 3.8) is 0 Å². The SMILES string of the molecule is CCCC1CCCCN1c1nc2sccn2c1CN. The van der Waals surface area contributed by atoms with E-state index in [1.54, 1.807) is 11.3 Å². The van der Waals surface area contributed by atoms with E-state index in [4.69, 9.17) is 10.7 Å². The molecule has 1 atom stereocenters. The van der Waals surface area contributed by atoms with Crippen molar-refractivity contribution in [3.05, 3.63) is 17.3 Å². The summed E-state index contributed by atoms with van der Waals surface area (Å²) in [6.45, 7) is 3.95. The number of hydrogen-bond donors (Lipinski definition) is 1. The van der Waals surface area contributed by atoms with Gasteiger partial charge < -0.3 is 10.6 Å². The topological polar surface area (TPSA) is 46.6 Å². The predicted molar refractivity (Wildman–Crippen MR) is 80.9 cm³/mol. The van der Waals surface area contributed by atoms with Gasteiger partial charge in [0.15, 0.2) is 10.8 Å². The molecule has 0 aromatic carbocycles. The van der Waals surface area contributed by atoms with Crippen LogP contribution in [0.3, 0.4) is 0 Å². The molecule has 1 aliphatic rings. The Labute approximate surface area is 118 Å². The van der Waals surface area contributed by atoms with Crippen LogP contribution >= 0.6 is 11.3 Å². The Hall–Kier alpha value is -1.07. The molecule has 2 aromatic rings. The third-order valence-electron chi connectivity index (χ3n) is 4.05.